The van der Waals surface area contributed by atoms with Gasteiger partial charge < -0.3 is 9.64 Å². The predicted molar refractivity (Wildman–Crippen MR) is 97.0 cm³/mol. The van der Waals surface area contributed by atoms with Gasteiger partial charge in [-0.2, -0.15) is 0 Å². The number of carbonyl (C=O) groups is 2. The van der Waals surface area contributed by atoms with E-state index in [0.717, 1.165) is 11.3 Å². The van der Waals surface area contributed by atoms with E-state index in [-0.39, 0.29) is 16.8 Å². The lowest BCUT2D eigenvalue weighted by Crippen LogP contribution is -2.60. The van der Waals surface area contributed by atoms with E-state index in [4.69, 9.17) is 17.0 Å². The average Bonchev–Trinajstić information content (AvgIpc) is 2.56. The summed E-state index contributed by atoms with van der Waals surface area (Å²) in [5.41, 5.74) is 2.17. The number of ether oxygens (including phenoxy) is 1. The van der Waals surface area contributed by atoms with E-state index in [1.807, 2.05) is 44.2 Å². The van der Waals surface area contributed by atoms with Gasteiger partial charge in [0.25, 0.3) is 11.8 Å². The molecule has 128 valence electrons. The van der Waals surface area contributed by atoms with Gasteiger partial charge in [0.05, 0.1) is 0 Å². The van der Waals surface area contributed by atoms with Crippen LogP contribution in [0, 0.1) is 0 Å². The highest BCUT2D eigenvalue weighted by atomic mass is 32.1. The smallest absolute Gasteiger partial charge is 0.282 e. The highest BCUT2D eigenvalue weighted by molar-refractivity contribution is 7.82. The summed E-state index contributed by atoms with van der Waals surface area (Å²) in [4.78, 5) is 27.2. The molecule has 6 heteroatoms. The largest absolute Gasteiger partial charge is 0.490 e. The van der Waals surface area contributed by atoms with Crippen molar-refractivity contribution in [3.63, 3.8) is 0 Å². The molecule has 1 aromatic carbocycles. The molecule has 0 radical (unpaired) electrons. The Kier molecular flexibility index (Phi) is 5.72. The molecule has 0 aliphatic carbocycles. The molecule has 1 fully saturated rings. The maximum Gasteiger partial charge on any atom is 0.282 e. The zero-order valence-corrected chi connectivity index (χ0v) is 15.2. The second kappa shape index (κ2) is 7.57. The van der Waals surface area contributed by atoms with Crippen molar-refractivity contribution >= 4 is 29.0 Å². The minimum absolute atomic E-state index is 0.0433. The number of piperazine rings is 1. The van der Waals surface area contributed by atoms with Crippen molar-refractivity contribution in [2.24, 2.45) is 0 Å². The molecule has 5 nitrogen and oxygen atoms in total. The summed E-state index contributed by atoms with van der Waals surface area (Å²) >= 11 is 4.99. The number of rotatable bonds is 5. The van der Waals surface area contributed by atoms with E-state index < -0.39 is 6.04 Å². The van der Waals surface area contributed by atoms with Crippen LogP contribution < -0.4 is 4.74 Å². The second-order valence-corrected chi connectivity index (χ2v) is 6.46. The van der Waals surface area contributed by atoms with Crippen molar-refractivity contribution in [2.75, 3.05) is 20.7 Å². The monoisotopic (exact) mass is 346 g/mol. The van der Waals surface area contributed by atoms with Crippen LogP contribution in [0.4, 0.5) is 0 Å². The van der Waals surface area contributed by atoms with Gasteiger partial charge in [-0.05, 0) is 37.6 Å². The van der Waals surface area contributed by atoms with Gasteiger partial charge >= 0.3 is 0 Å². The van der Waals surface area contributed by atoms with Crippen molar-refractivity contribution in [2.45, 2.75) is 26.3 Å². The van der Waals surface area contributed by atoms with Crippen LogP contribution >= 0.6 is 12.2 Å². The minimum Gasteiger partial charge on any atom is -0.490 e. The molecular formula is C18H22N2O3S. The molecule has 1 atom stereocenters. The maximum atomic E-state index is 12.4. The zero-order chi connectivity index (χ0) is 17.9. The fraction of sp³-hybridized carbons (Fsp3) is 0.389. The van der Waals surface area contributed by atoms with Gasteiger partial charge in [-0.1, -0.05) is 29.9 Å². The number of amides is 2. The Bertz CT molecular complexity index is 678. The van der Waals surface area contributed by atoms with Gasteiger partial charge in [0.1, 0.15) is 18.4 Å². The lowest BCUT2D eigenvalue weighted by Gasteiger charge is -2.36. The van der Waals surface area contributed by atoms with Crippen molar-refractivity contribution in [3.8, 4) is 5.75 Å². The lowest BCUT2D eigenvalue weighted by molar-refractivity contribution is -0.142. The lowest BCUT2D eigenvalue weighted by atomic mass is 10.0. The highest BCUT2D eigenvalue weighted by Crippen LogP contribution is 2.19. The second-order valence-electron chi connectivity index (χ2n) is 6.07. The number of likely N-dealkylation sites (N-methyl/N-ethyl adjacent to an activating group) is 2. The molecule has 0 spiro atoms. The van der Waals surface area contributed by atoms with Crippen LogP contribution in [0.25, 0.3) is 0 Å². The Labute approximate surface area is 147 Å². The summed E-state index contributed by atoms with van der Waals surface area (Å²) in [7, 11) is 3.16. The van der Waals surface area contributed by atoms with E-state index in [0.29, 0.717) is 13.0 Å². The standard InChI is InChI=1S/C18H22N2O3S/c1-12(2)9-10-23-14-7-5-13(6-8-14)11-15-16(21)20(4)18(24)17(22)19(15)3/h5-9,15H,10-11H2,1-4H3. The molecule has 0 bridgehead atoms. The summed E-state index contributed by atoms with van der Waals surface area (Å²) in [5, 5.41) is 0. The van der Waals surface area contributed by atoms with Crippen molar-refractivity contribution in [1.82, 2.24) is 9.80 Å². The third kappa shape index (κ3) is 4.00. The third-order valence-corrected chi connectivity index (χ3v) is 4.43. The number of hydrogen-bond donors (Lipinski definition) is 0. The number of allylic oxidation sites excluding steroid dienone is 1. The van der Waals surface area contributed by atoms with Crippen LogP contribution in [-0.4, -0.2) is 53.3 Å². The Morgan fingerprint density at radius 3 is 2.42 bits per heavy atom. The Morgan fingerprint density at radius 1 is 1.21 bits per heavy atom. The molecule has 0 N–H and O–H groups in total. The van der Waals surface area contributed by atoms with E-state index in [1.54, 1.807) is 14.1 Å². The molecule has 1 aromatic rings. The average molecular weight is 346 g/mol. The van der Waals surface area contributed by atoms with Crippen molar-refractivity contribution in [1.29, 1.82) is 0 Å². The number of hydrogen-bond acceptors (Lipinski definition) is 4. The first kappa shape index (κ1) is 18.1. The first-order valence-electron chi connectivity index (χ1n) is 7.75. The maximum absolute atomic E-state index is 12.4. The van der Waals surface area contributed by atoms with Crippen LogP contribution in [0.15, 0.2) is 35.9 Å². The van der Waals surface area contributed by atoms with Gasteiger partial charge in [-0.3, -0.25) is 14.5 Å². The van der Waals surface area contributed by atoms with Gasteiger partial charge in [-0.15, -0.1) is 0 Å². The van der Waals surface area contributed by atoms with Crippen molar-refractivity contribution < 1.29 is 14.3 Å². The van der Waals surface area contributed by atoms with Gasteiger partial charge in [0, 0.05) is 20.5 Å². The van der Waals surface area contributed by atoms with Crippen LogP contribution in [0.1, 0.15) is 19.4 Å². The Hall–Kier alpha value is -2.21. The normalized spacial score (nSPS) is 18.0. The topological polar surface area (TPSA) is 49.9 Å². The Balaban J connectivity index is 2.05. The molecule has 24 heavy (non-hydrogen) atoms. The van der Waals surface area contributed by atoms with Crippen LogP contribution in [0.2, 0.25) is 0 Å². The van der Waals surface area contributed by atoms with E-state index >= 15 is 0 Å². The van der Waals surface area contributed by atoms with Gasteiger partial charge in [0.15, 0.2) is 4.99 Å². The minimum atomic E-state index is -0.536. The molecule has 1 saturated heterocycles. The first-order valence-corrected chi connectivity index (χ1v) is 8.16. The molecule has 1 heterocycles. The van der Waals surface area contributed by atoms with Crippen molar-refractivity contribution in [3.05, 3.63) is 41.5 Å². The quantitative estimate of drug-likeness (QED) is 0.606. The molecule has 2 rings (SSSR count). The summed E-state index contributed by atoms with van der Waals surface area (Å²) in [6.07, 6.45) is 2.45. The Morgan fingerprint density at radius 2 is 1.83 bits per heavy atom. The fourth-order valence-electron chi connectivity index (χ4n) is 2.40. The molecule has 1 aliphatic rings. The molecule has 1 aliphatic heterocycles. The molecule has 0 aromatic heterocycles. The zero-order valence-electron chi connectivity index (χ0n) is 14.4. The SMILES string of the molecule is CC(C)=CCOc1ccc(CC2C(=O)N(C)C(=S)C(=O)N2C)cc1. The van der Waals surface area contributed by atoms with Crippen LogP contribution in [0.5, 0.6) is 5.75 Å². The van der Waals surface area contributed by atoms with E-state index in [2.05, 4.69) is 0 Å². The first-order chi connectivity index (χ1) is 11.3. The molecule has 1 unspecified atom stereocenters. The fourth-order valence-corrected chi connectivity index (χ4v) is 2.63. The van der Waals surface area contributed by atoms with Gasteiger partial charge in [-0.25, -0.2) is 0 Å². The highest BCUT2D eigenvalue weighted by Gasteiger charge is 2.39. The number of thiocarbonyl (C=S) groups is 1. The van der Waals surface area contributed by atoms with Crippen LogP contribution in [-0.2, 0) is 16.0 Å². The molecular weight excluding hydrogens is 324 g/mol. The summed E-state index contributed by atoms with van der Waals surface area (Å²) < 4.78 is 5.62. The predicted octanol–water partition coefficient (Wildman–Crippen LogP) is 2.20. The van der Waals surface area contributed by atoms with Crippen LogP contribution in [0.3, 0.4) is 0 Å². The summed E-state index contributed by atoms with van der Waals surface area (Å²) in [6, 6.07) is 7.04. The van der Waals surface area contributed by atoms with E-state index in [9.17, 15) is 9.59 Å². The number of carbonyl (C=O) groups excluding carboxylic acids is 2. The third-order valence-electron chi connectivity index (χ3n) is 3.99. The van der Waals surface area contributed by atoms with Gasteiger partial charge in [0.2, 0.25) is 0 Å². The molecule has 2 amide bonds. The molecule has 0 saturated carbocycles. The number of benzene rings is 1. The van der Waals surface area contributed by atoms with E-state index in [1.165, 1.54) is 15.4 Å². The number of nitrogens with zero attached hydrogens (tertiary/aromatic N) is 2. The summed E-state index contributed by atoms with van der Waals surface area (Å²) in [5.74, 6) is 0.318. The summed E-state index contributed by atoms with van der Waals surface area (Å²) in [6.45, 7) is 4.57.